The molecule has 2 rings (SSSR count). The Balaban J connectivity index is 1.97. The van der Waals surface area contributed by atoms with Crippen LogP contribution in [0.1, 0.15) is 31.4 Å². The summed E-state index contributed by atoms with van der Waals surface area (Å²) in [6, 6.07) is 5.46. The van der Waals surface area contributed by atoms with Crippen molar-refractivity contribution in [3.63, 3.8) is 0 Å². The van der Waals surface area contributed by atoms with Crippen molar-refractivity contribution in [1.29, 1.82) is 0 Å². The molecule has 0 bridgehead atoms. The van der Waals surface area contributed by atoms with Gasteiger partial charge in [0.1, 0.15) is 0 Å². The summed E-state index contributed by atoms with van der Waals surface area (Å²) in [5.74, 6) is 0. The van der Waals surface area contributed by atoms with Gasteiger partial charge in [-0.2, -0.15) is 0 Å². The summed E-state index contributed by atoms with van der Waals surface area (Å²) in [4.78, 5) is 0. The molecule has 0 amide bonds. The number of ether oxygens (including phenoxy) is 1. The summed E-state index contributed by atoms with van der Waals surface area (Å²) in [6.45, 7) is 3.77. The third-order valence-electron chi connectivity index (χ3n) is 3.59. The Morgan fingerprint density at radius 3 is 2.74 bits per heavy atom. The predicted molar refractivity (Wildman–Crippen MR) is 77.9 cm³/mol. The lowest BCUT2D eigenvalue weighted by Crippen LogP contribution is -2.45. The fourth-order valence-electron chi connectivity index (χ4n) is 2.23. The first-order valence-electron chi connectivity index (χ1n) is 6.49. The Morgan fingerprint density at radius 1 is 1.37 bits per heavy atom. The lowest BCUT2D eigenvalue weighted by atomic mass is 9.94. The van der Waals surface area contributed by atoms with E-state index in [0.717, 1.165) is 5.56 Å². The molecule has 1 heterocycles. The van der Waals surface area contributed by atoms with E-state index in [2.05, 4.69) is 5.32 Å². The van der Waals surface area contributed by atoms with Crippen LogP contribution in [-0.2, 0) is 4.74 Å². The lowest BCUT2D eigenvalue weighted by Gasteiger charge is -2.33. The molecule has 5 heteroatoms. The summed E-state index contributed by atoms with van der Waals surface area (Å²) in [7, 11) is 0. The topological polar surface area (TPSA) is 41.5 Å². The molecule has 1 atom stereocenters. The van der Waals surface area contributed by atoms with Crippen molar-refractivity contribution in [3.05, 3.63) is 33.8 Å². The highest BCUT2D eigenvalue weighted by atomic mass is 35.5. The quantitative estimate of drug-likeness (QED) is 0.897. The standard InChI is InChI=1S/C14H19Cl2NO2/c1-10(12-8-11(15)2-3-13(12)16)17-9-14(18)4-6-19-7-5-14/h2-3,8,10,17-18H,4-7,9H2,1H3. The SMILES string of the molecule is CC(NCC1(O)CCOCC1)c1cc(Cl)ccc1Cl. The summed E-state index contributed by atoms with van der Waals surface area (Å²) >= 11 is 12.2. The van der Waals surface area contributed by atoms with Crippen molar-refractivity contribution in [2.45, 2.75) is 31.4 Å². The van der Waals surface area contributed by atoms with Crippen LogP contribution in [0.2, 0.25) is 10.0 Å². The van der Waals surface area contributed by atoms with Crippen LogP contribution < -0.4 is 5.32 Å². The Bertz CT molecular complexity index is 433. The van der Waals surface area contributed by atoms with Crippen molar-refractivity contribution >= 4 is 23.2 Å². The number of benzene rings is 1. The largest absolute Gasteiger partial charge is 0.388 e. The zero-order valence-electron chi connectivity index (χ0n) is 11.0. The normalized spacial score (nSPS) is 20.2. The van der Waals surface area contributed by atoms with Crippen LogP contribution in [0.5, 0.6) is 0 Å². The molecule has 1 aromatic carbocycles. The Morgan fingerprint density at radius 2 is 2.05 bits per heavy atom. The molecule has 0 spiro atoms. The first-order valence-corrected chi connectivity index (χ1v) is 7.24. The highest BCUT2D eigenvalue weighted by Gasteiger charge is 2.30. The van der Waals surface area contributed by atoms with Gasteiger partial charge in [0.2, 0.25) is 0 Å². The number of rotatable bonds is 4. The smallest absolute Gasteiger partial charge is 0.0815 e. The highest BCUT2D eigenvalue weighted by Crippen LogP contribution is 2.27. The predicted octanol–water partition coefficient (Wildman–Crippen LogP) is 3.19. The van der Waals surface area contributed by atoms with E-state index in [0.29, 0.717) is 42.6 Å². The Hall–Kier alpha value is -0.320. The van der Waals surface area contributed by atoms with E-state index in [1.54, 1.807) is 12.1 Å². The first-order chi connectivity index (χ1) is 9.00. The van der Waals surface area contributed by atoms with E-state index in [9.17, 15) is 5.11 Å². The molecule has 106 valence electrons. The van der Waals surface area contributed by atoms with Gasteiger partial charge in [-0.25, -0.2) is 0 Å². The molecule has 0 aliphatic carbocycles. The molecule has 1 aromatic rings. The first kappa shape index (κ1) is 15.1. The average Bonchev–Trinajstić information content (AvgIpc) is 2.40. The molecule has 1 unspecified atom stereocenters. The van der Waals surface area contributed by atoms with Gasteiger partial charge in [0, 0.05) is 48.7 Å². The number of aliphatic hydroxyl groups is 1. The number of hydrogen-bond donors (Lipinski definition) is 2. The minimum atomic E-state index is -0.683. The fraction of sp³-hybridized carbons (Fsp3) is 0.571. The number of hydrogen-bond acceptors (Lipinski definition) is 3. The van der Waals surface area contributed by atoms with E-state index in [-0.39, 0.29) is 6.04 Å². The van der Waals surface area contributed by atoms with Crippen molar-refractivity contribution in [3.8, 4) is 0 Å². The van der Waals surface area contributed by atoms with Crippen molar-refractivity contribution in [2.75, 3.05) is 19.8 Å². The molecule has 1 fully saturated rings. The number of halogens is 2. The fourth-order valence-corrected chi connectivity index (χ4v) is 2.69. The molecule has 0 saturated carbocycles. The monoisotopic (exact) mass is 303 g/mol. The maximum absolute atomic E-state index is 10.4. The summed E-state index contributed by atoms with van der Waals surface area (Å²) in [5.41, 5.74) is 0.266. The van der Waals surface area contributed by atoms with Gasteiger partial charge in [0.15, 0.2) is 0 Å². The molecule has 0 radical (unpaired) electrons. The summed E-state index contributed by atoms with van der Waals surface area (Å²) < 4.78 is 5.26. The minimum absolute atomic E-state index is 0.0399. The van der Waals surface area contributed by atoms with Gasteiger partial charge in [-0.1, -0.05) is 23.2 Å². The lowest BCUT2D eigenvalue weighted by molar-refractivity contribution is -0.0626. The van der Waals surface area contributed by atoms with Crippen LogP contribution in [0.3, 0.4) is 0 Å². The van der Waals surface area contributed by atoms with Crippen LogP contribution in [0.15, 0.2) is 18.2 Å². The molecule has 2 N–H and O–H groups in total. The molecule has 1 saturated heterocycles. The van der Waals surface area contributed by atoms with Crippen LogP contribution >= 0.6 is 23.2 Å². The van der Waals surface area contributed by atoms with E-state index in [1.807, 2.05) is 13.0 Å². The van der Waals surface area contributed by atoms with Crippen LogP contribution in [0.4, 0.5) is 0 Å². The third-order valence-corrected chi connectivity index (χ3v) is 4.16. The highest BCUT2D eigenvalue weighted by molar-refractivity contribution is 6.33. The van der Waals surface area contributed by atoms with Crippen LogP contribution in [0, 0.1) is 0 Å². The molecule has 0 aromatic heterocycles. The van der Waals surface area contributed by atoms with Gasteiger partial charge in [-0.3, -0.25) is 0 Å². The second kappa shape index (κ2) is 6.42. The third kappa shape index (κ3) is 4.07. The van der Waals surface area contributed by atoms with Crippen molar-refractivity contribution in [1.82, 2.24) is 5.32 Å². The second-order valence-electron chi connectivity index (χ2n) is 5.11. The van der Waals surface area contributed by atoms with Crippen molar-refractivity contribution in [2.24, 2.45) is 0 Å². The minimum Gasteiger partial charge on any atom is -0.388 e. The average molecular weight is 304 g/mol. The van der Waals surface area contributed by atoms with Gasteiger partial charge in [-0.05, 0) is 30.7 Å². The summed E-state index contributed by atoms with van der Waals surface area (Å²) in [6.07, 6.45) is 1.33. The van der Waals surface area contributed by atoms with Gasteiger partial charge >= 0.3 is 0 Å². The molecule has 3 nitrogen and oxygen atoms in total. The van der Waals surface area contributed by atoms with E-state index >= 15 is 0 Å². The van der Waals surface area contributed by atoms with E-state index in [1.165, 1.54) is 0 Å². The summed E-state index contributed by atoms with van der Waals surface area (Å²) in [5, 5.41) is 15.1. The van der Waals surface area contributed by atoms with Crippen LogP contribution in [-0.4, -0.2) is 30.5 Å². The zero-order valence-corrected chi connectivity index (χ0v) is 12.5. The second-order valence-corrected chi connectivity index (χ2v) is 5.95. The van der Waals surface area contributed by atoms with E-state index in [4.69, 9.17) is 27.9 Å². The molecule has 1 aliphatic heterocycles. The van der Waals surface area contributed by atoms with Gasteiger partial charge in [0.05, 0.1) is 5.60 Å². The van der Waals surface area contributed by atoms with Gasteiger partial charge in [0.25, 0.3) is 0 Å². The maximum atomic E-state index is 10.4. The molecule has 1 aliphatic rings. The molecule has 19 heavy (non-hydrogen) atoms. The Kier molecular flexibility index (Phi) is 5.09. The van der Waals surface area contributed by atoms with Crippen molar-refractivity contribution < 1.29 is 9.84 Å². The maximum Gasteiger partial charge on any atom is 0.0815 e. The van der Waals surface area contributed by atoms with Gasteiger partial charge < -0.3 is 15.2 Å². The van der Waals surface area contributed by atoms with Crippen LogP contribution in [0.25, 0.3) is 0 Å². The zero-order chi connectivity index (χ0) is 13.9. The molecular weight excluding hydrogens is 285 g/mol. The molecular formula is C14H19Cl2NO2. The van der Waals surface area contributed by atoms with E-state index < -0.39 is 5.60 Å². The number of nitrogens with one attached hydrogen (secondary N) is 1. The Labute approximate surface area is 123 Å². The van der Waals surface area contributed by atoms with Gasteiger partial charge in [-0.15, -0.1) is 0 Å².